The molecule has 0 rings (SSSR count). The van der Waals surface area contributed by atoms with Crippen LogP contribution in [-0.4, -0.2) is 57.5 Å². The smallest absolute Gasteiger partial charge is 0.191 e. The van der Waals surface area contributed by atoms with Crippen LogP contribution in [-0.2, 0) is 9.84 Å². The van der Waals surface area contributed by atoms with E-state index in [9.17, 15) is 8.42 Å². The lowest BCUT2D eigenvalue weighted by Gasteiger charge is -2.24. The molecule has 5 nitrogen and oxygen atoms in total. The molecular weight excluding hydrogens is 258 g/mol. The standard InChI is InChI=1S/C10H23N3O2S2/c1-10(2,17(5,14)15)8-13-9(11-3)12-6-7-16-4/h6-8H2,1-5H3,(H2,11,12,13). The predicted molar refractivity (Wildman–Crippen MR) is 76.7 cm³/mol. The number of guanidine groups is 1. The van der Waals surface area contributed by atoms with Gasteiger partial charge in [-0.15, -0.1) is 0 Å². The van der Waals surface area contributed by atoms with Crippen molar-refractivity contribution in [1.82, 2.24) is 10.6 Å². The summed E-state index contributed by atoms with van der Waals surface area (Å²) in [6.45, 7) is 4.54. The molecule has 0 spiro atoms. The molecule has 0 heterocycles. The first kappa shape index (κ1) is 16.6. The maximum absolute atomic E-state index is 11.5. The van der Waals surface area contributed by atoms with Crippen molar-refractivity contribution in [3.8, 4) is 0 Å². The highest BCUT2D eigenvalue weighted by molar-refractivity contribution is 7.98. The Hall–Kier alpha value is -0.430. The highest BCUT2D eigenvalue weighted by Gasteiger charge is 2.30. The van der Waals surface area contributed by atoms with E-state index in [-0.39, 0.29) is 0 Å². The molecule has 0 atom stereocenters. The highest BCUT2D eigenvalue weighted by Crippen LogP contribution is 2.13. The minimum atomic E-state index is -3.08. The molecule has 0 radical (unpaired) electrons. The minimum Gasteiger partial charge on any atom is -0.356 e. The number of hydrogen-bond acceptors (Lipinski definition) is 4. The van der Waals surface area contributed by atoms with E-state index in [1.807, 2.05) is 6.26 Å². The van der Waals surface area contributed by atoms with E-state index in [4.69, 9.17) is 0 Å². The highest BCUT2D eigenvalue weighted by atomic mass is 32.2. The van der Waals surface area contributed by atoms with Gasteiger partial charge in [-0.2, -0.15) is 11.8 Å². The zero-order valence-electron chi connectivity index (χ0n) is 11.2. The molecular formula is C10H23N3O2S2. The summed E-state index contributed by atoms with van der Waals surface area (Å²) in [5.74, 6) is 1.62. The van der Waals surface area contributed by atoms with Crippen LogP contribution in [0.25, 0.3) is 0 Å². The zero-order valence-corrected chi connectivity index (χ0v) is 12.8. The summed E-state index contributed by atoms with van der Waals surface area (Å²) in [6.07, 6.45) is 3.28. The predicted octanol–water partition coefficient (Wildman–Crippen LogP) is 0.338. The zero-order chi connectivity index (χ0) is 13.5. The normalized spacial score (nSPS) is 13.6. The molecule has 0 amide bonds. The number of nitrogens with one attached hydrogen (secondary N) is 2. The van der Waals surface area contributed by atoms with Gasteiger partial charge in [0.15, 0.2) is 15.8 Å². The molecule has 0 aromatic rings. The summed E-state index contributed by atoms with van der Waals surface area (Å²) in [5.41, 5.74) is 0. The van der Waals surface area contributed by atoms with Crippen molar-refractivity contribution in [2.75, 3.05) is 38.4 Å². The molecule has 7 heteroatoms. The van der Waals surface area contributed by atoms with Crippen LogP contribution in [0.5, 0.6) is 0 Å². The van der Waals surface area contributed by atoms with Gasteiger partial charge in [-0.05, 0) is 20.1 Å². The van der Waals surface area contributed by atoms with Crippen LogP contribution in [0.1, 0.15) is 13.8 Å². The molecule has 0 unspecified atom stereocenters. The summed E-state index contributed by atoms with van der Waals surface area (Å²) < 4.78 is 22.2. The maximum Gasteiger partial charge on any atom is 0.191 e. The van der Waals surface area contributed by atoms with Crippen molar-refractivity contribution >= 4 is 27.6 Å². The van der Waals surface area contributed by atoms with Crippen molar-refractivity contribution in [3.05, 3.63) is 0 Å². The molecule has 0 aliphatic carbocycles. The van der Waals surface area contributed by atoms with Crippen molar-refractivity contribution in [1.29, 1.82) is 0 Å². The fourth-order valence-corrected chi connectivity index (χ4v) is 1.56. The molecule has 0 aromatic carbocycles. The van der Waals surface area contributed by atoms with Crippen LogP contribution >= 0.6 is 11.8 Å². The third-order valence-corrected chi connectivity index (χ3v) is 5.27. The fourth-order valence-electron chi connectivity index (χ4n) is 0.920. The number of aliphatic imine (C=N–C) groups is 1. The van der Waals surface area contributed by atoms with Gasteiger partial charge in [0, 0.05) is 32.1 Å². The van der Waals surface area contributed by atoms with Gasteiger partial charge in [0.1, 0.15) is 0 Å². The Morgan fingerprint density at radius 1 is 1.35 bits per heavy atom. The number of nitrogens with zero attached hydrogens (tertiary/aromatic N) is 1. The molecule has 0 aliphatic rings. The first-order chi connectivity index (χ1) is 7.74. The second-order valence-corrected chi connectivity index (χ2v) is 8.01. The molecule has 0 saturated carbocycles. The number of thioether (sulfide) groups is 1. The van der Waals surface area contributed by atoms with Crippen LogP contribution in [0.2, 0.25) is 0 Å². The third-order valence-electron chi connectivity index (χ3n) is 2.51. The summed E-state index contributed by atoms with van der Waals surface area (Å²) in [5, 5.41) is 6.14. The minimum absolute atomic E-state index is 0.338. The Kier molecular flexibility index (Phi) is 6.92. The molecule has 0 fully saturated rings. The van der Waals surface area contributed by atoms with Crippen LogP contribution in [0.4, 0.5) is 0 Å². The maximum atomic E-state index is 11.5. The second kappa shape index (κ2) is 7.10. The quantitative estimate of drug-likeness (QED) is 0.417. The van der Waals surface area contributed by atoms with Crippen molar-refractivity contribution in [3.63, 3.8) is 0 Å². The van der Waals surface area contributed by atoms with Crippen LogP contribution in [0.3, 0.4) is 0 Å². The molecule has 0 bridgehead atoms. The average molecular weight is 281 g/mol. The van der Waals surface area contributed by atoms with E-state index >= 15 is 0 Å². The van der Waals surface area contributed by atoms with Crippen LogP contribution in [0, 0.1) is 0 Å². The Balaban J connectivity index is 4.25. The lowest BCUT2D eigenvalue weighted by atomic mass is 10.2. The van der Waals surface area contributed by atoms with Gasteiger partial charge in [-0.3, -0.25) is 4.99 Å². The molecule has 0 aromatic heterocycles. The first-order valence-corrected chi connectivity index (χ1v) is 8.66. The SMILES string of the molecule is CN=C(NCCSC)NCC(C)(C)S(C)(=O)=O. The lowest BCUT2D eigenvalue weighted by molar-refractivity contribution is 0.544. The Morgan fingerprint density at radius 3 is 2.35 bits per heavy atom. The second-order valence-electron chi connectivity index (χ2n) is 4.38. The fraction of sp³-hybridized carbons (Fsp3) is 0.900. The van der Waals surface area contributed by atoms with E-state index in [2.05, 4.69) is 15.6 Å². The molecule has 2 N–H and O–H groups in total. The van der Waals surface area contributed by atoms with Crippen molar-refractivity contribution < 1.29 is 8.42 Å². The number of hydrogen-bond donors (Lipinski definition) is 2. The van der Waals surface area contributed by atoms with E-state index < -0.39 is 14.6 Å². The Morgan fingerprint density at radius 2 is 1.94 bits per heavy atom. The Labute approximate surface area is 109 Å². The van der Waals surface area contributed by atoms with Crippen molar-refractivity contribution in [2.24, 2.45) is 4.99 Å². The van der Waals surface area contributed by atoms with Crippen LogP contribution < -0.4 is 10.6 Å². The molecule has 102 valence electrons. The van der Waals surface area contributed by atoms with Gasteiger partial charge in [0.25, 0.3) is 0 Å². The van der Waals surface area contributed by atoms with Gasteiger partial charge >= 0.3 is 0 Å². The first-order valence-electron chi connectivity index (χ1n) is 5.37. The average Bonchev–Trinajstić information content (AvgIpc) is 2.21. The van der Waals surface area contributed by atoms with Crippen LogP contribution in [0.15, 0.2) is 4.99 Å². The van der Waals surface area contributed by atoms with E-state index in [1.165, 1.54) is 6.26 Å². The van der Waals surface area contributed by atoms with Gasteiger partial charge in [-0.25, -0.2) is 8.42 Å². The van der Waals surface area contributed by atoms with Gasteiger partial charge in [0.05, 0.1) is 4.75 Å². The van der Waals surface area contributed by atoms with Gasteiger partial charge in [-0.1, -0.05) is 0 Å². The molecule has 17 heavy (non-hydrogen) atoms. The topological polar surface area (TPSA) is 70.6 Å². The van der Waals surface area contributed by atoms with Gasteiger partial charge in [0.2, 0.25) is 0 Å². The lowest BCUT2D eigenvalue weighted by Crippen LogP contribution is -2.48. The summed E-state index contributed by atoms with van der Waals surface area (Å²) >= 11 is 1.74. The monoisotopic (exact) mass is 281 g/mol. The van der Waals surface area contributed by atoms with Gasteiger partial charge < -0.3 is 10.6 Å². The molecule has 0 aliphatic heterocycles. The Bertz CT molecular complexity index is 351. The van der Waals surface area contributed by atoms with Crippen molar-refractivity contribution in [2.45, 2.75) is 18.6 Å². The van der Waals surface area contributed by atoms with E-state index in [0.717, 1.165) is 12.3 Å². The van der Waals surface area contributed by atoms with E-state index in [1.54, 1.807) is 32.7 Å². The summed E-state index contributed by atoms with van der Waals surface area (Å²) in [7, 11) is -1.41. The van der Waals surface area contributed by atoms with E-state index in [0.29, 0.717) is 12.5 Å². The number of rotatable bonds is 6. The molecule has 0 saturated heterocycles. The number of sulfone groups is 1. The third kappa shape index (κ3) is 6.16. The summed E-state index contributed by atoms with van der Waals surface area (Å²) in [4.78, 5) is 4.04. The summed E-state index contributed by atoms with van der Waals surface area (Å²) in [6, 6.07) is 0. The largest absolute Gasteiger partial charge is 0.356 e.